The zero-order valence-electron chi connectivity index (χ0n) is 51.1. The van der Waals surface area contributed by atoms with E-state index in [4.69, 9.17) is 14.2 Å². The average molecular weight is 1060 g/mol. The van der Waals surface area contributed by atoms with Crippen molar-refractivity contribution >= 4 is 17.9 Å². The highest BCUT2D eigenvalue weighted by Crippen LogP contribution is 2.19. The van der Waals surface area contributed by atoms with Crippen LogP contribution in [-0.2, 0) is 28.6 Å². The SMILES string of the molecule is CCCCCCCCCC/C=C\CCCCCCCCCCCCCCCCCCCCCCCCCC(=O)OCC(COC(=O)CCCCCCCCCCC)OC(=O)CCCCCCCCCCCCCCC. The highest BCUT2D eigenvalue weighted by Gasteiger charge is 2.19. The lowest BCUT2D eigenvalue weighted by Crippen LogP contribution is -2.30. The standard InChI is InChI=1S/C69H132O6/c1-4-7-10-13-16-19-21-23-24-25-26-27-28-29-30-31-32-33-34-35-36-37-38-39-40-41-42-43-44-46-47-50-53-56-59-62-68(71)74-65-66(64-73-67(70)61-58-55-52-49-18-15-12-9-6-3)75-69(72)63-60-57-54-51-48-45-22-20-17-14-11-8-5-2/h25-26,66H,4-24,27-65H2,1-3H3/b26-25-. The molecule has 1 atom stereocenters. The van der Waals surface area contributed by atoms with E-state index in [9.17, 15) is 14.4 Å². The molecule has 0 N–H and O–H groups in total. The van der Waals surface area contributed by atoms with Crippen molar-refractivity contribution in [3.05, 3.63) is 12.2 Å². The van der Waals surface area contributed by atoms with Gasteiger partial charge in [0.15, 0.2) is 6.10 Å². The van der Waals surface area contributed by atoms with Crippen LogP contribution in [0.2, 0.25) is 0 Å². The molecule has 0 saturated heterocycles. The molecule has 0 spiro atoms. The van der Waals surface area contributed by atoms with Crippen LogP contribution in [0.25, 0.3) is 0 Å². The van der Waals surface area contributed by atoms with Gasteiger partial charge in [0.05, 0.1) is 0 Å². The van der Waals surface area contributed by atoms with E-state index in [2.05, 4.69) is 32.9 Å². The maximum absolute atomic E-state index is 12.8. The lowest BCUT2D eigenvalue weighted by molar-refractivity contribution is -0.167. The summed E-state index contributed by atoms with van der Waals surface area (Å²) in [6.45, 7) is 6.68. The average Bonchev–Trinajstić information content (AvgIpc) is 3.41. The largest absolute Gasteiger partial charge is 0.462 e. The Hall–Kier alpha value is -1.85. The third kappa shape index (κ3) is 62.9. The van der Waals surface area contributed by atoms with Crippen LogP contribution in [-0.4, -0.2) is 37.2 Å². The molecular formula is C69H132O6. The first-order valence-corrected chi connectivity index (χ1v) is 34.2. The van der Waals surface area contributed by atoms with E-state index in [1.807, 2.05) is 0 Å². The van der Waals surface area contributed by atoms with Gasteiger partial charge in [-0.3, -0.25) is 14.4 Å². The molecule has 0 amide bonds. The quantitative estimate of drug-likeness (QED) is 0.0261. The molecule has 6 heteroatoms. The van der Waals surface area contributed by atoms with Crippen molar-refractivity contribution < 1.29 is 28.6 Å². The van der Waals surface area contributed by atoms with Crippen LogP contribution in [0.3, 0.4) is 0 Å². The second kappa shape index (κ2) is 64.7. The molecule has 444 valence electrons. The predicted octanol–water partition coefficient (Wildman–Crippen LogP) is 23.2. The van der Waals surface area contributed by atoms with Gasteiger partial charge >= 0.3 is 17.9 Å². The van der Waals surface area contributed by atoms with Gasteiger partial charge in [0.25, 0.3) is 0 Å². The maximum Gasteiger partial charge on any atom is 0.306 e. The van der Waals surface area contributed by atoms with Crippen LogP contribution in [0.1, 0.15) is 393 Å². The number of carbonyl (C=O) groups excluding carboxylic acids is 3. The fourth-order valence-corrected chi connectivity index (χ4v) is 10.6. The van der Waals surface area contributed by atoms with Crippen LogP contribution < -0.4 is 0 Å². The third-order valence-corrected chi connectivity index (χ3v) is 15.8. The van der Waals surface area contributed by atoms with Gasteiger partial charge in [-0.2, -0.15) is 0 Å². The Morgan fingerprint density at radius 1 is 0.253 bits per heavy atom. The summed E-state index contributed by atoms with van der Waals surface area (Å²) in [5, 5.41) is 0. The van der Waals surface area contributed by atoms with Gasteiger partial charge < -0.3 is 14.2 Å². The zero-order valence-corrected chi connectivity index (χ0v) is 51.1. The molecule has 0 aromatic carbocycles. The maximum atomic E-state index is 12.8. The van der Waals surface area contributed by atoms with E-state index in [-0.39, 0.29) is 31.1 Å². The Labute approximate surface area is 469 Å². The number of rotatable bonds is 64. The van der Waals surface area contributed by atoms with Gasteiger partial charge in [-0.05, 0) is 44.9 Å². The van der Waals surface area contributed by atoms with Crippen molar-refractivity contribution in [1.82, 2.24) is 0 Å². The predicted molar refractivity (Wildman–Crippen MR) is 326 cm³/mol. The molecule has 0 radical (unpaired) electrons. The summed E-state index contributed by atoms with van der Waals surface area (Å²) >= 11 is 0. The third-order valence-electron chi connectivity index (χ3n) is 15.8. The van der Waals surface area contributed by atoms with E-state index in [1.54, 1.807) is 0 Å². The first-order chi connectivity index (χ1) is 37.0. The summed E-state index contributed by atoms with van der Waals surface area (Å²) < 4.78 is 16.9. The van der Waals surface area contributed by atoms with Crippen molar-refractivity contribution in [3.8, 4) is 0 Å². The topological polar surface area (TPSA) is 78.9 Å². The normalized spacial score (nSPS) is 12.0. The van der Waals surface area contributed by atoms with Crippen molar-refractivity contribution in [3.63, 3.8) is 0 Å². The summed E-state index contributed by atoms with van der Waals surface area (Å²) in [4.78, 5) is 38.1. The molecule has 0 aliphatic heterocycles. The Kier molecular flexibility index (Phi) is 63.1. The molecular weight excluding hydrogens is 925 g/mol. The molecule has 0 aromatic heterocycles. The van der Waals surface area contributed by atoms with Crippen LogP contribution >= 0.6 is 0 Å². The molecule has 1 unspecified atom stereocenters. The van der Waals surface area contributed by atoms with Gasteiger partial charge in [-0.15, -0.1) is 0 Å². The van der Waals surface area contributed by atoms with E-state index < -0.39 is 6.10 Å². The summed E-state index contributed by atoms with van der Waals surface area (Å²) in [7, 11) is 0. The summed E-state index contributed by atoms with van der Waals surface area (Å²) in [6, 6.07) is 0. The molecule has 0 aliphatic carbocycles. The minimum atomic E-state index is -0.762. The van der Waals surface area contributed by atoms with Crippen molar-refractivity contribution in [1.29, 1.82) is 0 Å². The van der Waals surface area contributed by atoms with E-state index in [0.29, 0.717) is 19.3 Å². The number of allylic oxidation sites excluding steroid dienone is 2. The van der Waals surface area contributed by atoms with Crippen molar-refractivity contribution in [2.75, 3.05) is 13.2 Å². The number of esters is 3. The number of hydrogen-bond acceptors (Lipinski definition) is 6. The highest BCUT2D eigenvalue weighted by molar-refractivity contribution is 5.71. The number of ether oxygens (including phenoxy) is 3. The molecule has 75 heavy (non-hydrogen) atoms. The molecule has 0 saturated carbocycles. The van der Waals surface area contributed by atoms with Crippen molar-refractivity contribution in [2.45, 2.75) is 399 Å². The van der Waals surface area contributed by atoms with Crippen molar-refractivity contribution in [2.24, 2.45) is 0 Å². The van der Waals surface area contributed by atoms with Gasteiger partial charge in [-0.25, -0.2) is 0 Å². The van der Waals surface area contributed by atoms with Crippen LogP contribution in [0.4, 0.5) is 0 Å². The number of hydrogen-bond donors (Lipinski definition) is 0. The fourth-order valence-electron chi connectivity index (χ4n) is 10.6. The summed E-state index contributed by atoms with van der Waals surface area (Å²) in [6.07, 6.45) is 77.0. The molecule has 0 rings (SSSR count). The van der Waals surface area contributed by atoms with E-state index >= 15 is 0 Å². The first-order valence-electron chi connectivity index (χ1n) is 34.2. The van der Waals surface area contributed by atoms with Gasteiger partial charge in [0.2, 0.25) is 0 Å². The summed E-state index contributed by atoms with van der Waals surface area (Å²) in [5.74, 6) is -0.837. The Morgan fingerprint density at radius 2 is 0.440 bits per heavy atom. The Balaban J connectivity index is 3.91. The van der Waals surface area contributed by atoms with E-state index in [0.717, 1.165) is 57.8 Å². The van der Waals surface area contributed by atoms with Crippen LogP contribution in [0.15, 0.2) is 12.2 Å². The fraction of sp³-hybridized carbons (Fsp3) is 0.928. The molecule has 0 bridgehead atoms. The molecule has 0 heterocycles. The second-order valence-corrected chi connectivity index (χ2v) is 23.5. The first kappa shape index (κ1) is 73.2. The lowest BCUT2D eigenvalue weighted by Gasteiger charge is -2.18. The molecule has 6 nitrogen and oxygen atoms in total. The zero-order chi connectivity index (χ0) is 54.3. The Morgan fingerprint density at radius 3 is 0.667 bits per heavy atom. The van der Waals surface area contributed by atoms with Gasteiger partial charge in [-0.1, -0.05) is 341 Å². The molecule has 0 fully saturated rings. The minimum absolute atomic E-state index is 0.0625. The second-order valence-electron chi connectivity index (χ2n) is 23.5. The van der Waals surface area contributed by atoms with Gasteiger partial charge in [0.1, 0.15) is 13.2 Å². The Bertz CT molecular complexity index is 1170. The number of unbranched alkanes of at least 4 members (excludes halogenated alkanes) is 51. The lowest BCUT2D eigenvalue weighted by atomic mass is 10.0. The summed E-state index contributed by atoms with van der Waals surface area (Å²) in [5.41, 5.74) is 0. The van der Waals surface area contributed by atoms with E-state index in [1.165, 1.54) is 295 Å². The monoisotopic (exact) mass is 1060 g/mol. The van der Waals surface area contributed by atoms with Crippen LogP contribution in [0.5, 0.6) is 0 Å². The smallest absolute Gasteiger partial charge is 0.306 e. The molecule has 0 aliphatic rings. The molecule has 0 aromatic rings. The van der Waals surface area contributed by atoms with Gasteiger partial charge in [0, 0.05) is 19.3 Å². The number of carbonyl (C=O) groups is 3. The minimum Gasteiger partial charge on any atom is -0.462 e. The highest BCUT2D eigenvalue weighted by atomic mass is 16.6. The van der Waals surface area contributed by atoms with Crippen LogP contribution in [0, 0.1) is 0 Å².